The number of carbonyl (C=O) groups excluding carboxylic acids is 1. The molecule has 0 atom stereocenters. The highest BCUT2D eigenvalue weighted by Crippen LogP contribution is 2.11. The monoisotopic (exact) mass is 376 g/mol. The van der Waals surface area contributed by atoms with Gasteiger partial charge in [-0.2, -0.15) is 0 Å². The number of aromatic nitrogens is 2. The van der Waals surface area contributed by atoms with Crippen molar-refractivity contribution in [3.05, 3.63) is 83.2 Å². The lowest BCUT2D eigenvalue weighted by molar-refractivity contribution is 0.0953. The molecule has 1 heterocycles. The zero-order valence-corrected chi connectivity index (χ0v) is 16.1. The number of nitrogens with one attached hydrogen (secondary N) is 2. The molecule has 2 N–H and O–H groups in total. The van der Waals surface area contributed by atoms with E-state index in [0.717, 1.165) is 23.3 Å². The number of amides is 1. The lowest BCUT2D eigenvalue weighted by atomic mass is 10.1. The van der Waals surface area contributed by atoms with E-state index >= 15 is 0 Å². The minimum Gasteiger partial charge on any atom is -0.497 e. The second kappa shape index (κ2) is 9.50. The first-order valence-corrected chi connectivity index (χ1v) is 9.16. The van der Waals surface area contributed by atoms with Gasteiger partial charge in [0.15, 0.2) is 0 Å². The summed E-state index contributed by atoms with van der Waals surface area (Å²) in [5.41, 5.74) is 3.94. The largest absolute Gasteiger partial charge is 0.497 e. The molecule has 0 aliphatic heterocycles. The van der Waals surface area contributed by atoms with Crippen molar-refractivity contribution in [1.29, 1.82) is 0 Å². The molecule has 0 unspecified atom stereocenters. The van der Waals surface area contributed by atoms with Crippen LogP contribution in [0.2, 0.25) is 0 Å². The number of carbonyl (C=O) groups is 1. The fraction of sp³-hybridized carbons (Fsp3) is 0.227. The summed E-state index contributed by atoms with van der Waals surface area (Å²) < 4.78 is 5.14. The van der Waals surface area contributed by atoms with Crippen LogP contribution in [0.25, 0.3) is 0 Å². The van der Waals surface area contributed by atoms with Gasteiger partial charge >= 0.3 is 0 Å². The first-order valence-electron chi connectivity index (χ1n) is 9.16. The molecule has 28 heavy (non-hydrogen) atoms. The molecule has 0 saturated heterocycles. The molecule has 0 bridgehead atoms. The summed E-state index contributed by atoms with van der Waals surface area (Å²) in [6.45, 7) is 3.23. The van der Waals surface area contributed by atoms with Gasteiger partial charge in [0.2, 0.25) is 5.95 Å². The van der Waals surface area contributed by atoms with Gasteiger partial charge in [-0.15, -0.1) is 0 Å². The van der Waals surface area contributed by atoms with E-state index in [4.69, 9.17) is 4.74 Å². The van der Waals surface area contributed by atoms with Crippen molar-refractivity contribution >= 4 is 11.9 Å². The Morgan fingerprint density at radius 2 is 1.79 bits per heavy atom. The van der Waals surface area contributed by atoms with Crippen LogP contribution >= 0.6 is 0 Å². The Hall–Kier alpha value is -3.41. The second-order valence-corrected chi connectivity index (χ2v) is 6.49. The lowest BCUT2D eigenvalue weighted by Gasteiger charge is -2.08. The van der Waals surface area contributed by atoms with Crippen molar-refractivity contribution in [1.82, 2.24) is 15.3 Å². The fourth-order valence-corrected chi connectivity index (χ4v) is 2.75. The summed E-state index contributed by atoms with van der Waals surface area (Å²) in [6, 6.07) is 16.0. The molecule has 2 aromatic carbocycles. The van der Waals surface area contributed by atoms with Gasteiger partial charge in [0.05, 0.1) is 12.7 Å². The van der Waals surface area contributed by atoms with E-state index < -0.39 is 0 Å². The average molecular weight is 376 g/mol. The summed E-state index contributed by atoms with van der Waals surface area (Å²) in [4.78, 5) is 20.7. The smallest absolute Gasteiger partial charge is 0.254 e. The zero-order valence-electron chi connectivity index (χ0n) is 16.1. The van der Waals surface area contributed by atoms with E-state index in [1.165, 1.54) is 18.0 Å². The molecule has 1 amide bonds. The third kappa shape index (κ3) is 5.54. The van der Waals surface area contributed by atoms with Crippen LogP contribution in [0.4, 0.5) is 5.95 Å². The van der Waals surface area contributed by atoms with Gasteiger partial charge in [-0.1, -0.05) is 42.0 Å². The molecule has 0 radical (unpaired) electrons. The highest BCUT2D eigenvalue weighted by atomic mass is 16.5. The van der Waals surface area contributed by atoms with Crippen LogP contribution in [-0.2, 0) is 13.0 Å². The zero-order chi connectivity index (χ0) is 19.8. The maximum Gasteiger partial charge on any atom is 0.254 e. The molecule has 0 aliphatic rings. The second-order valence-electron chi connectivity index (χ2n) is 6.49. The lowest BCUT2D eigenvalue weighted by Crippen LogP contribution is -2.26. The van der Waals surface area contributed by atoms with Gasteiger partial charge in [-0.05, 0) is 36.6 Å². The number of benzene rings is 2. The van der Waals surface area contributed by atoms with E-state index in [-0.39, 0.29) is 5.91 Å². The Balaban J connectivity index is 1.46. The van der Waals surface area contributed by atoms with Crippen LogP contribution in [0.3, 0.4) is 0 Å². The highest BCUT2D eigenvalue weighted by molar-refractivity contribution is 5.93. The molecule has 144 valence electrons. The third-order valence-electron chi connectivity index (χ3n) is 4.31. The number of methoxy groups -OCH3 is 1. The Morgan fingerprint density at radius 3 is 2.46 bits per heavy atom. The van der Waals surface area contributed by atoms with Gasteiger partial charge in [0, 0.05) is 25.5 Å². The summed E-state index contributed by atoms with van der Waals surface area (Å²) >= 11 is 0. The average Bonchev–Trinajstić information content (AvgIpc) is 2.73. The maximum atomic E-state index is 12.2. The quantitative estimate of drug-likeness (QED) is 0.630. The molecule has 0 spiro atoms. The van der Waals surface area contributed by atoms with Crippen LogP contribution in [0.1, 0.15) is 27.0 Å². The summed E-state index contributed by atoms with van der Waals surface area (Å²) in [6.07, 6.45) is 3.81. The van der Waals surface area contributed by atoms with Crippen molar-refractivity contribution in [3.63, 3.8) is 0 Å². The molecule has 6 nitrogen and oxygen atoms in total. The number of rotatable bonds is 8. The number of aryl methyl sites for hydroxylation is 1. The van der Waals surface area contributed by atoms with Crippen molar-refractivity contribution in [3.8, 4) is 5.75 Å². The van der Waals surface area contributed by atoms with Gasteiger partial charge in [0.25, 0.3) is 5.91 Å². The van der Waals surface area contributed by atoms with E-state index in [1.807, 2.05) is 36.4 Å². The van der Waals surface area contributed by atoms with Gasteiger partial charge in [-0.25, -0.2) is 9.97 Å². The SMILES string of the molecule is COc1ccc(CCNC(=O)c2cnc(NCc3cccc(C)c3)nc2)cc1. The summed E-state index contributed by atoms with van der Waals surface area (Å²) in [5, 5.41) is 6.05. The molecule has 0 saturated carbocycles. The number of hydrogen-bond acceptors (Lipinski definition) is 5. The Morgan fingerprint density at radius 1 is 1.04 bits per heavy atom. The number of anilines is 1. The first-order chi connectivity index (χ1) is 13.6. The summed E-state index contributed by atoms with van der Waals surface area (Å²) in [5.74, 6) is 1.14. The van der Waals surface area contributed by atoms with E-state index in [0.29, 0.717) is 24.6 Å². The molecule has 1 aromatic heterocycles. The number of nitrogens with zero attached hydrogens (tertiary/aromatic N) is 2. The Labute approximate surface area is 165 Å². The molecule has 0 aliphatic carbocycles. The number of hydrogen-bond donors (Lipinski definition) is 2. The van der Waals surface area contributed by atoms with E-state index in [2.05, 4.69) is 39.7 Å². The maximum absolute atomic E-state index is 12.2. The minimum absolute atomic E-state index is 0.182. The van der Waals surface area contributed by atoms with Gasteiger partial charge < -0.3 is 15.4 Å². The molecular weight excluding hydrogens is 352 g/mol. The van der Waals surface area contributed by atoms with Crippen molar-refractivity contribution in [2.24, 2.45) is 0 Å². The Bertz CT molecular complexity index is 909. The molecule has 0 fully saturated rings. The normalized spacial score (nSPS) is 10.4. The van der Waals surface area contributed by atoms with Gasteiger partial charge in [0.1, 0.15) is 5.75 Å². The topological polar surface area (TPSA) is 76.1 Å². The number of ether oxygens (including phenoxy) is 1. The van der Waals surface area contributed by atoms with Crippen LogP contribution in [-0.4, -0.2) is 29.5 Å². The van der Waals surface area contributed by atoms with Crippen LogP contribution in [0, 0.1) is 6.92 Å². The van der Waals surface area contributed by atoms with Crippen LogP contribution < -0.4 is 15.4 Å². The summed E-state index contributed by atoms with van der Waals surface area (Å²) in [7, 11) is 1.64. The fourth-order valence-electron chi connectivity index (χ4n) is 2.75. The van der Waals surface area contributed by atoms with Crippen molar-refractivity contribution in [2.45, 2.75) is 19.9 Å². The molecule has 3 aromatic rings. The minimum atomic E-state index is -0.182. The molecular formula is C22H24N4O2. The predicted molar refractivity (Wildman–Crippen MR) is 110 cm³/mol. The molecule has 6 heteroatoms. The van der Waals surface area contributed by atoms with Crippen molar-refractivity contribution in [2.75, 3.05) is 19.0 Å². The predicted octanol–water partition coefficient (Wildman–Crippen LogP) is 3.38. The first kappa shape index (κ1) is 19.4. The van der Waals surface area contributed by atoms with Crippen LogP contribution in [0.5, 0.6) is 5.75 Å². The molecule has 3 rings (SSSR count). The van der Waals surface area contributed by atoms with Crippen LogP contribution in [0.15, 0.2) is 60.9 Å². The van der Waals surface area contributed by atoms with E-state index in [9.17, 15) is 4.79 Å². The van der Waals surface area contributed by atoms with Crippen molar-refractivity contribution < 1.29 is 9.53 Å². The van der Waals surface area contributed by atoms with Gasteiger partial charge in [-0.3, -0.25) is 4.79 Å². The third-order valence-corrected chi connectivity index (χ3v) is 4.31. The van der Waals surface area contributed by atoms with E-state index in [1.54, 1.807) is 7.11 Å². The standard InChI is InChI=1S/C22H24N4O2/c1-16-4-3-5-18(12-16)13-24-22-25-14-19(15-26-22)21(27)23-11-10-17-6-8-20(28-2)9-7-17/h3-9,12,14-15H,10-11,13H2,1-2H3,(H,23,27)(H,24,25,26). The highest BCUT2D eigenvalue weighted by Gasteiger charge is 2.07. The Kier molecular flexibility index (Phi) is 6.57.